The van der Waals surface area contributed by atoms with Gasteiger partial charge in [-0.25, -0.2) is 0 Å². The number of likely N-dealkylation sites (N-methyl/N-ethyl adjacent to an activating group) is 1. The number of hydrogen-bond acceptors (Lipinski definition) is 2. The Labute approximate surface area is 132 Å². The molecule has 1 aromatic carbocycles. The predicted octanol–water partition coefficient (Wildman–Crippen LogP) is 3.87. The lowest BCUT2D eigenvalue weighted by molar-refractivity contribution is 0.197. The fraction of sp³-hybridized carbons (Fsp3) is 0.647. The van der Waals surface area contributed by atoms with E-state index in [4.69, 9.17) is 0 Å². The molecule has 3 heteroatoms. The predicted molar refractivity (Wildman–Crippen MR) is 90.2 cm³/mol. The van der Waals surface area contributed by atoms with Crippen molar-refractivity contribution in [3.8, 4) is 0 Å². The highest BCUT2D eigenvalue weighted by Crippen LogP contribution is 2.39. The summed E-state index contributed by atoms with van der Waals surface area (Å²) in [6.07, 6.45) is 2.53. The summed E-state index contributed by atoms with van der Waals surface area (Å²) in [7, 11) is 4.36. The molecule has 1 aliphatic rings. The number of nitrogens with one attached hydrogen (secondary N) is 1. The third-order valence-electron chi connectivity index (χ3n) is 4.53. The van der Waals surface area contributed by atoms with E-state index in [9.17, 15) is 0 Å². The number of rotatable bonds is 6. The summed E-state index contributed by atoms with van der Waals surface area (Å²) in [5.41, 5.74) is 1.47. The quantitative estimate of drug-likeness (QED) is 0.846. The van der Waals surface area contributed by atoms with Crippen molar-refractivity contribution >= 4 is 15.9 Å². The molecule has 0 spiro atoms. The third kappa shape index (κ3) is 3.84. The first-order chi connectivity index (χ1) is 9.49. The Morgan fingerprint density at radius 3 is 2.45 bits per heavy atom. The van der Waals surface area contributed by atoms with Gasteiger partial charge in [0, 0.05) is 23.1 Å². The van der Waals surface area contributed by atoms with Gasteiger partial charge < -0.3 is 10.2 Å². The highest BCUT2D eigenvalue weighted by Gasteiger charge is 2.31. The van der Waals surface area contributed by atoms with E-state index in [1.54, 1.807) is 0 Å². The molecule has 0 amide bonds. The Kier molecular flexibility index (Phi) is 5.65. The van der Waals surface area contributed by atoms with Crippen molar-refractivity contribution in [2.75, 3.05) is 20.6 Å². The van der Waals surface area contributed by atoms with Gasteiger partial charge in [-0.05, 0) is 50.4 Å². The molecule has 112 valence electrons. The van der Waals surface area contributed by atoms with Gasteiger partial charge in [0.2, 0.25) is 0 Å². The molecule has 0 radical (unpaired) electrons. The second-order valence-electron chi connectivity index (χ2n) is 6.57. The molecule has 0 aromatic heterocycles. The minimum Gasteiger partial charge on any atom is -0.312 e. The molecule has 0 saturated heterocycles. The molecule has 1 unspecified atom stereocenters. The summed E-state index contributed by atoms with van der Waals surface area (Å²) >= 11 is 3.66. The second-order valence-corrected chi connectivity index (χ2v) is 7.42. The normalized spacial score (nSPS) is 23.9. The number of halogens is 1. The SMILES string of the molecule is CC(C)C(CNC1CC(c2ccccc2Br)C1)N(C)C. The van der Waals surface area contributed by atoms with Crippen molar-refractivity contribution in [2.45, 2.75) is 44.7 Å². The molecule has 20 heavy (non-hydrogen) atoms. The zero-order chi connectivity index (χ0) is 14.7. The van der Waals surface area contributed by atoms with E-state index in [1.807, 2.05) is 0 Å². The Bertz CT molecular complexity index is 417. The highest BCUT2D eigenvalue weighted by molar-refractivity contribution is 9.10. The summed E-state index contributed by atoms with van der Waals surface area (Å²) in [6.45, 7) is 5.70. The molecule has 0 bridgehead atoms. The second kappa shape index (κ2) is 7.06. The van der Waals surface area contributed by atoms with Crippen LogP contribution in [-0.2, 0) is 0 Å². The Morgan fingerprint density at radius 1 is 1.25 bits per heavy atom. The van der Waals surface area contributed by atoms with Crippen LogP contribution in [0.4, 0.5) is 0 Å². The van der Waals surface area contributed by atoms with Crippen molar-refractivity contribution < 1.29 is 0 Å². The van der Waals surface area contributed by atoms with Crippen LogP contribution in [0.1, 0.15) is 38.2 Å². The van der Waals surface area contributed by atoms with Crippen LogP contribution in [-0.4, -0.2) is 37.6 Å². The van der Waals surface area contributed by atoms with Gasteiger partial charge in [0.05, 0.1) is 0 Å². The fourth-order valence-corrected chi connectivity index (χ4v) is 3.76. The molecule has 0 heterocycles. The lowest BCUT2D eigenvalue weighted by Gasteiger charge is -2.39. The Morgan fingerprint density at radius 2 is 1.90 bits per heavy atom. The van der Waals surface area contributed by atoms with E-state index in [-0.39, 0.29) is 0 Å². The van der Waals surface area contributed by atoms with E-state index in [1.165, 1.54) is 22.9 Å². The van der Waals surface area contributed by atoms with Gasteiger partial charge in [-0.15, -0.1) is 0 Å². The summed E-state index contributed by atoms with van der Waals surface area (Å²) in [5, 5.41) is 3.74. The molecular weight excluding hydrogens is 312 g/mol. The lowest BCUT2D eigenvalue weighted by atomic mass is 9.76. The Balaban J connectivity index is 1.78. The zero-order valence-corrected chi connectivity index (χ0v) is 14.7. The first-order valence-electron chi connectivity index (χ1n) is 7.63. The van der Waals surface area contributed by atoms with Gasteiger partial charge in [-0.1, -0.05) is 48.0 Å². The molecule has 2 rings (SSSR count). The first-order valence-corrected chi connectivity index (χ1v) is 8.42. The Hall–Kier alpha value is -0.380. The summed E-state index contributed by atoms with van der Waals surface area (Å²) in [6, 6.07) is 9.94. The molecule has 1 aromatic rings. The van der Waals surface area contributed by atoms with Crippen LogP contribution >= 0.6 is 15.9 Å². The fourth-order valence-electron chi connectivity index (χ4n) is 3.15. The largest absolute Gasteiger partial charge is 0.312 e. The van der Waals surface area contributed by atoms with E-state index < -0.39 is 0 Å². The van der Waals surface area contributed by atoms with Crippen LogP contribution in [0.15, 0.2) is 28.7 Å². The molecule has 0 aliphatic heterocycles. The maximum absolute atomic E-state index is 3.74. The van der Waals surface area contributed by atoms with Gasteiger partial charge in [0.1, 0.15) is 0 Å². The van der Waals surface area contributed by atoms with Crippen molar-refractivity contribution in [3.63, 3.8) is 0 Å². The number of nitrogens with zero attached hydrogens (tertiary/aromatic N) is 1. The van der Waals surface area contributed by atoms with Crippen LogP contribution in [0, 0.1) is 5.92 Å². The molecule has 1 saturated carbocycles. The minimum atomic E-state index is 0.623. The number of hydrogen-bond donors (Lipinski definition) is 1. The zero-order valence-electron chi connectivity index (χ0n) is 13.1. The number of benzene rings is 1. The van der Waals surface area contributed by atoms with Crippen LogP contribution in [0.5, 0.6) is 0 Å². The molecular formula is C17H27BrN2. The van der Waals surface area contributed by atoms with E-state index in [0.717, 1.165) is 12.5 Å². The van der Waals surface area contributed by atoms with Crippen LogP contribution in [0.3, 0.4) is 0 Å². The minimum absolute atomic E-state index is 0.623. The third-order valence-corrected chi connectivity index (χ3v) is 5.25. The van der Waals surface area contributed by atoms with Gasteiger partial charge in [0.25, 0.3) is 0 Å². The molecule has 2 nitrogen and oxygen atoms in total. The average Bonchev–Trinajstić information content (AvgIpc) is 2.32. The maximum atomic E-state index is 3.74. The van der Waals surface area contributed by atoms with E-state index >= 15 is 0 Å². The van der Waals surface area contributed by atoms with Crippen LogP contribution in [0.25, 0.3) is 0 Å². The van der Waals surface area contributed by atoms with Crippen molar-refractivity contribution in [3.05, 3.63) is 34.3 Å². The van der Waals surface area contributed by atoms with Crippen molar-refractivity contribution in [1.29, 1.82) is 0 Å². The summed E-state index contributed by atoms with van der Waals surface area (Å²) < 4.78 is 1.26. The lowest BCUT2D eigenvalue weighted by Crippen LogP contribution is -2.48. The van der Waals surface area contributed by atoms with Gasteiger partial charge in [-0.2, -0.15) is 0 Å². The van der Waals surface area contributed by atoms with Gasteiger partial charge >= 0.3 is 0 Å². The van der Waals surface area contributed by atoms with Crippen molar-refractivity contribution in [2.24, 2.45) is 5.92 Å². The molecule has 1 aliphatic carbocycles. The molecule has 1 atom stereocenters. The molecule has 1 N–H and O–H groups in total. The topological polar surface area (TPSA) is 15.3 Å². The van der Waals surface area contributed by atoms with Gasteiger partial charge in [-0.3, -0.25) is 0 Å². The van der Waals surface area contributed by atoms with E-state index in [0.29, 0.717) is 18.0 Å². The summed E-state index contributed by atoms with van der Waals surface area (Å²) in [5.74, 6) is 1.41. The van der Waals surface area contributed by atoms with Crippen molar-refractivity contribution in [1.82, 2.24) is 10.2 Å². The van der Waals surface area contributed by atoms with Crippen LogP contribution < -0.4 is 5.32 Å². The standard InChI is InChI=1S/C17H27BrN2/c1-12(2)17(20(3)4)11-19-14-9-13(10-14)15-7-5-6-8-16(15)18/h5-8,12-14,17,19H,9-11H2,1-4H3. The highest BCUT2D eigenvalue weighted by atomic mass is 79.9. The van der Waals surface area contributed by atoms with E-state index in [2.05, 4.69) is 78.4 Å². The molecule has 1 fully saturated rings. The average molecular weight is 339 g/mol. The van der Waals surface area contributed by atoms with Gasteiger partial charge in [0.15, 0.2) is 0 Å². The smallest absolute Gasteiger partial charge is 0.0237 e. The monoisotopic (exact) mass is 338 g/mol. The maximum Gasteiger partial charge on any atom is 0.0237 e. The first kappa shape index (κ1) is 16.0. The van der Waals surface area contributed by atoms with Crippen LogP contribution in [0.2, 0.25) is 0 Å². The summed E-state index contributed by atoms with van der Waals surface area (Å²) in [4.78, 5) is 2.33.